The van der Waals surface area contributed by atoms with Crippen molar-refractivity contribution < 1.29 is 14.1 Å². The lowest BCUT2D eigenvalue weighted by Gasteiger charge is -2.28. The fourth-order valence-corrected chi connectivity index (χ4v) is 4.02. The second-order valence-corrected chi connectivity index (χ2v) is 7.39. The van der Waals surface area contributed by atoms with Crippen LogP contribution in [0.3, 0.4) is 0 Å². The maximum atomic E-state index is 14.2. The van der Waals surface area contributed by atoms with Crippen LogP contribution in [0.15, 0.2) is 18.3 Å². The molecular formula is C18H18BClFN5O2. The van der Waals surface area contributed by atoms with Gasteiger partial charge in [-0.2, -0.15) is 10.2 Å². The van der Waals surface area contributed by atoms with Gasteiger partial charge in [0.1, 0.15) is 0 Å². The molecule has 2 atom stereocenters. The van der Waals surface area contributed by atoms with E-state index in [2.05, 4.69) is 26.7 Å². The van der Waals surface area contributed by atoms with Gasteiger partial charge >= 0.3 is 7.12 Å². The van der Waals surface area contributed by atoms with E-state index in [1.165, 1.54) is 0 Å². The molecule has 1 fully saturated rings. The Kier molecular flexibility index (Phi) is 5.35. The van der Waals surface area contributed by atoms with Gasteiger partial charge in [0.2, 0.25) is 5.95 Å². The standard InChI is InChI=1S/C18H18BClFN5O2/c20-13-6-12(5-11-9-28-19(27)16(11)13)24-18-23-8-14(21)17(26-18)25-15-4-2-1-3-10(15)7-22/h5-6,8,10,15,27H,1-4,9H2,(H2,23,24,25,26)/t10?,15-/m0/s1. The van der Waals surface area contributed by atoms with Gasteiger partial charge in [0.05, 0.1) is 24.8 Å². The van der Waals surface area contributed by atoms with Gasteiger partial charge in [-0.1, -0.05) is 24.4 Å². The van der Waals surface area contributed by atoms with E-state index in [9.17, 15) is 14.7 Å². The zero-order valence-electron chi connectivity index (χ0n) is 15.0. The molecule has 2 aliphatic rings. The zero-order chi connectivity index (χ0) is 19.7. The van der Waals surface area contributed by atoms with Crippen molar-refractivity contribution in [1.29, 1.82) is 5.26 Å². The maximum absolute atomic E-state index is 14.2. The van der Waals surface area contributed by atoms with Crippen molar-refractivity contribution in [2.45, 2.75) is 38.3 Å². The van der Waals surface area contributed by atoms with Crippen molar-refractivity contribution in [1.82, 2.24) is 9.97 Å². The summed E-state index contributed by atoms with van der Waals surface area (Å²) in [6.45, 7) is 0.250. The predicted octanol–water partition coefficient (Wildman–Crippen LogP) is 2.72. The second-order valence-electron chi connectivity index (χ2n) is 6.98. The molecule has 4 rings (SSSR count). The summed E-state index contributed by atoms with van der Waals surface area (Å²) in [7, 11) is -1.03. The Morgan fingerprint density at radius 2 is 2.18 bits per heavy atom. The van der Waals surface area contributed by atoms with Crippen LogP contribution in [-0.4, -0.2) is 28.2 Å². The molecule has 3 N–H and O–H groups in total. The largest absolute Gasteiger partial charge is 0.493 e. The molecule has 1 aliphatic carbocycles. The van der Waals surface area contributed by atoms with Gasteiger partial charge < -0.3 is 20.3 Å². The minimum absolute atomic E-state index is 0.0654. The Morgan fingerprint density at radius 3 is 3.00 bits per heavy atom. The lowest BCUT2D eigenvalue weighted by atomic mass is 9.79. The highest BCUT2D eigenvalue weighted by Gasteiger charge is 2.30. The summed E-state index contributed by atoms with van der Waals surface area (Å²) in [5.41, 5.74) is 1.92. The average Bonchev–Trinajstić information content (AvgIpc) is 3.06. The molecular weight excluding hydrogens is 383 g/mol. The first-order valence-electron chi connectivity index (χ1n) is 9.13. The van der Waals surface area contributed by atoms with E-state index in [1.807, 2.05) is 0 Å². The summed E-state index contributed by atoms with van der Waals surface area (Å²) in [6, 6.07) is 5.57. The van der Waals surface area contributed by atoms with Crippen molar-refractivity contribution in [2.24, 2.45) is 5.92 Å². The smallest absolute Gasteiger partial charge is 0.423 e. The fraction of sp³-hybridized carbons (Fsp3) is 0.389. The Morgan fingerprint density at radius 1 is 1.36 bits per heavy atom. The van der Waals surface area contributed by atoms with Crippen LogP contribution < -0.4 is 16.1 Å². The van der Waals surface area contributed by atoms with Crippen molar-refractivity contribution in [2.75, 3.05) is 10.6 Å². The Hall–Kier alpha value is -2.41. The van der Waals surface area contributed by atoms with Crippen molar-refractivity contribution in [3.05, 3.63) is 34.7 Å². The van der Waals surface area contributed by atoms with Crippen molar-refractivity contribution in [3.63, 3.8) is 0 Å². The topological polar surface area (TPSA) is 103 Å². The van der Waals surface area contributed by atoms with Crippen LogP contribution in [0, 0.1) is 23.1 Å². The molecule has 0 saturated heterocycles. The molecule has 7 nitrogen and oxygen atoms in total. The third-order valence-corrected chi connectivity index (χ3v) is 5.43. The number of hydrogen-bond donors (Lipinski definition) is 3. The molecule has 0 spiro atoms. The molecule has 0 radical (unpaired) electrons. The zero-order valence-corrected chi connectivity index (χ0v) is 15.7. The first kappa shape index (κ1) is 18.9. The number of hydrogen-bond acceptors (Lipinski definition) is 7. The molecule has 0 bridgehead atoms. The summed E-state index contributed by atoms with van der Waals surface area (Å²) < 4.78 is 19.4. The average molecular weight is 402 g/mol. The van der Waals surface area contributed by atoms with E-state index in [0.717, 1.165) is 37.4 Å². The molecule has 1 aromatic carbocycles. The maximum Gasteiger partial charge on any atom is 0.493 e. The summed E-state index contributed by atoms with van der Waals surface area (Å²) in [6.07, 6.45) is 4.69. The van der Waals surface area contributed by atoms with Crippen LogP contribution in [-0.2, 0) is 11.3 Å². The number of halogens is 2. The molecule has 1 aromatic heterocycles. The molecule has 10 heteroatoms. The van der Waals surface area contributed by atoms with Gasteiger partial charge in [-0.25, -0.2) is 9.37 Å². The van der Waals surface area contributed by atoms with Gasteiger partial charge in [-0.15, -0.1) is 0 Å². The number of nitrogens with zero attached hydrogens (tertiary/aromatic N) is 3. The number of aromatic nitrogens is 2. The minimum atomic E-state index is -1.03. The monoisotopic (exact) mass is 401 g/mol. The van der Waals surface area contributed by atoms with Gasteiger partial charge in [0.15, 0.2) is 11.6 Å². The van der Waals surface area contributed by atoms with Crippen LogP contribution in [0.1, 0.15) is 31.2 Å². The van der Waals surface area contributed by atoms with Crippen molar-refractivity contribution in [3.8, 4) is 6.07 Å². The lowest BCUT2D eigenvalue weighted by molar-refractivity contribution is 0.275. The predicted molar refractivity (Wildman–Crippen MR) is 104 cm³/mol. The summed E-state index contributed by atoms with van der Waals surface area (Å²) in [4.78, 5) is 8.21. The SMILES string of the molecule is N#CC1CCCC[C@@H]1Nc1nc(Nc2cc(Cl)c3c(c2)COB3O)ncc1F. The molecule has 2 aromatic rings. The summed E-state index contributed by atoms with van der Waals surface area (Å²) in [5, 5.41) is 25.5. The highest BCUT2D eigenvalue weighted by Crippen LogP contribution is 2.28. The van der Waals surface area contributed by atoms with E-state index >= 15 is 0 Å². The lowest BCUT2D eigenvalue weighted by Crippen LogP contribution is -2.32. The van der Waals surface area contributed by atoms with Crippen LogP contribution in [0.4, 0.5) is 21.8 Å². The molecule has 28 heavy (non-hydrogen) atoms. The van der Waals surface area contributed by atoms with E-state index < -0.39 is 12.9 Å². The van der Waals surface area contributed by atoms with Crippen LogP contribution >= 0.6 is 11.6 Å². The first-order chi connectivity index (χ1) is 13.5. The van der Waals surface area contributed by atoms with E-state index in [0.29, 0.717) is 16.2 Å². The minimum Gasteiger partial charge on any atom is -0.423 e. The summed E-state index contributed by atoms with van der Waals surface area (Å²) in [5.74, 6) is -0.475. The normalized spacial score (nSPS) is 21.1. The number of benzene rings is 1. The van der Waals surface area contributed by atoms with Crippen LogP contribution in [0.5, 0.6) is 0 Å². The summed E-state index contributed by atoms with van der Waals surface area (Å²) >= 11 is 6.23. The Labute approximate surface area is 167 Å². The van der Waals surface area contributed by atoms with Gasteiger partial charge in [0.25, 0.3) is 0 Å². The third-order valence-electron chi connectivity index (χ3n) is 5.11. The van der Waals surface area contributed by atoms with Gasteiger partial charge in [-0.3, -0.25) is 0 Å². The third kappa shape index (κ3) is 3.76. The Balaban J connectivity index is 1.55. The molecule has 1 aliphatic heterocycles. The first-order valence-corrected chi connectivity index (χ1v) is 9.50. The number of nitrogens with one attached hydrogen (secondary N) is 2. The molecule has 1 unspecified atom stereocenters. The van der Waals surface area contributed by atoms with Crippen molar-refractivity contribution >= 4 is 41.6 Å². The van der Waals surface area contributed by atoms with Gasteiger partial charge in [-0.05, 0) is 30.5 Å². The van der Waals surface area contributed by atoms with E-state index in [1.54, 1.807) is 12.1 Å². The van der Waals surface area contributed by atoms with Crippen LogP contribution in [0.25, 0.3) is 0 Å². The molecule has 0 amide bonds. The van der Waals surface area contributed by atoms with Gasteiger partial charge in [0, 0.05) is 22.2 Å². The fourth-order valence-electron chi connectivity index (χ4n) is 3.69. The number of rotatable bonds is 4. The highest BCUT2D eigenvalue weighted by atomic mass is 35.5. The van der Waals surface area contributed by atoms with Crippen LogP contribution in [0.2, 0.25) is 5.02 Å². The highest BCUT2D eigenvalue weighted by molar-refractivity contribution is 6.65. The second kappa shape index (κ2) is 7.91. The molecule has 144 valence electrons. The van der Waals surface area contributed by atoms with E-state index in [-0.39, 0.29) is 30.3 Å². The number of nitriles is 1. The number of anilines is 3. The number of fused-ring (bicyclic) bond motifs is 1. The molecule has 2 heterocycles. The molecule has 1 saturated carbocycles. The quantitative estimate of drug-likeness (QED) is 0.677. The van der Waals surface area contributed by atoms with E-state index in [4.69, 9.17) is 16.3 Å². The Bertz CT molecular complexity index is 941.